The van der Waals surface area contributed by atoms with Crippen LogP contribution in [0.1, 0.15) is 44.1 Å². The molecule has 4 nitrogen and oxygen atoms in total. The van der Waals surface area contributed by atoms with Crippen molar-refractivity contribution in [3.63, 3.8) is 0 Å². The van der Waals surface area contributed by atoms with Crippen LogP contribution in [-0.2, 0) is 4.74 Å². The normalized spacial score (nSPS) is 11.4. The average molecular weight is 302 g/mol. The molecule has 0 atom stereocenters. The smallest absolute Gasteiger partial charge is 0.360 e. The summed E-state index contributed by atoms with van der Waals surface area (Å²) in [6, 6.07) is 0. The van der Waals surface area contributed by atoms with E-state index in [1.54, 1.807) is 12.4 Å². The quantitative estimate of drug-likeness (QED) is 0.743. The number of thioether (sulfide) groups is 1. The van der Waals surface area contributed by atoms with E-state index in [4.69, 9.17) is 4.74 Å². The third-order valence-corrected chi connectivity index (χ3v) is 5.70. The lowest BCUT2D eigenvalue weighted by Gasteiger charge is -2.30. The monoisotopic (exact) mass is 302 g/mol. The minimum Gasteiger partial charge on any atom is -0.461 e. The Morgan fingerprint density at radius 1 is 1.47 bits per heavy atom. The van der Waals surface area contributed by atoms with E-state index < -0.39 is 0 Å². The highest BCUT2D eigenvalue weighted by Crippen LogP contribution is 2.32. The summed E-state index contributed by atoms with van der Waals surface area (Å²) < 4.78 is 5.20. The van der Waals surface area contributed by atoms with Gasteiger partial charge in [-0.1, -0.05) is 13.8 Å². The maximum Gasteiger partial charge on any atom is 0.360 e. The molecular formula is C13H22N2O2S2. The summed E-state index contributed by atoms with van der Waals surface area (Å²) >= 11 is 3.31. The molecule has 0 aliphatic rings. The van der Waals surface area contributed by atoms with Crippen LogP contribution >= 0.6 is 23.1 Å². The van der Waals surface area contributed by atoms with Crippen LogP contribution in [0.5, 0.6) is 0 Å². The van der Waals surface area contributed by atoms with Crippen molar-refractivity contribution < 1.29 is 9.53 Å². The molecular weight excluding hydrogens is 280 g/mol. The summed E-state index contributed by atoms with van der Waals surface area (Å²) in [5.74, 6) is -0.353. The molecule has 0 aliphatic heterocycles. The van der Waals surface area contributed by atoms with Crippen LogP contribution in [0.25, 0.3) is 0 Å². The number of nitrogens with zero attached hydrogens (tertiary/aromatic N) is 1. The number of rotatable bonds is 8. The van der Waals surface area contributed by atoms with E-state index in [9.17, 15) is 4.79 Å². The zero-order valence-corrected chi connectivity index (χ0v) is 13.6. The second-order valence-electron chi connectivity index (χ2n) is 4.20. The number of hydrogen-bond donors (Lipinski definition) is 1. The fourth-order valence-electron chi connectivity index (χ4n) is 1.82. The third kappa shape index (κ3) is 4.11. The van der Waals surface area contributed by atoms with Crippen LogP contribution in [-0.4, -0.2) is 35.1 Å². The molecule has 6 heteroatoms. The maximum atomic E-state index is 11.7. The van der Waals surface area contributed by atoms with Crippen LogP contribution in [0, 0.1) is 0 Å². The molecule has 0 unspecified atom stereocenters. The molecule has 0 amide bonds. The molecule has 0 aliphatic carbocycles. The van der Waals surface area contributed by atoms with Gasteiger partial charge in [0.05, 0.1) is 12.1 Å². The number of carbonyl (C=O) groups is 1. The van der Waals surface area contributed by atoms with Crippen LogP contribution in [0.4, 0.5) is 5.00 Å². The van der Waals surface area contributed by atoms with Gasteiger partial charge in [-0.15, -0.1) is 11.3 Å². The highest BCUT2D eigenvalue weighted by Gasteiger charge is 2.26. The molecule has 1 aromatic rings. The maximum absolute atomic E-state index is 11.7. The minimum absolute atomic E-state index is 0.204. The van der Waals surface area contributed by atoms with Gasteiger partial charge in [0.25, 0.3) is 0 Å². The Hall–Kier alpha value is -0.750. The van der Waals surface area contributed by atoms with Crippen molar-refractivity contribution >= 4 is 34.1 Å². The van der Waals surface area contributed by atoms with E-state index >= 15 is 0 Å². The van der Waals surface area contributed by atoms with E-state index in [0.717, 1.165) is 24.4 Å². The van der Waals surface area contributed by atoms with Gasteiger partial charge < -0.3 is 10.1 Å². The van der Waals surface area contributed by atoms with Crippen molar-refractivity contribution in [2.45, 2.75) is 38.4 Å². The summed E-state index contributed by atoms with van der Waals surface area (Å²) in [5, 5.41) is 4.17. The Bertz CT molecular complexity index is 395. The number of aromatic nitrogens is 1. The molecule has 19 heavy (non-hydrogen) atoms. The Kier molecular flexibility index (Phi) is 6.65. The van der Waals surface area contributed by atoms with Gasteiger partial charge in [0.1, 0.15) is 5.00 Å². The van der Waals surface area contributed by atoms with E-state index in [1.165, 1.54) is 11.3 Å². The van der Waals surface area contributed by atoms with Gasteiger partial charge in [-0.2, -0.15) is 11.8 Å². The van der Waals surface area contributed by atoms with Gasteiger partial charge >= 0.3 is 5.97 Å². The Morgan fingerprint density at radius 3 is 2.68 bits per heavy atom. The predicted molar refractivity (Wildman–Crippen MR) is 83.4 cm³/mol. The first kappa shape index (κ1) is 16.3. The second kappa shape index (κ2) is 7.75. The zero-order chi connectivity index (χ0) is 14.3. The summed E-state index contributed by atoms with van der Waals surface area (Å²) in [6.45, 7) is 7.38. The summed E-state index contributed by atoms with van der Waals surface area (Å²) in [7, 11) is 0. The fraction of sp³-hybridized carbons (Fsp3) is 0.692. The number of esters is 1. The Labute approximate surface area is 123 Å². The number of carbonyl (C=O) groups excluding carboxylic acids is 1. The summed E-state index contributed by atoms with van der Waals surface area (Å²) in [5.41, 5.74) is 2.07. The number of anilines is 1. The Morgan fingerprint density at radius 2 is 2.16 bits per heavy atom. The second-order valence-corrected chi connectivity index (χ2v) is 6.33. The minimum atomic E-state index is -0.353. The SMILES string of the molecule is CCOC(=O)c1ncsc1NCC(CC)(CC)SC. The molecule has 1 rings (SSSR count). The van der Waals surface area contributed by atoms with Gasteiger partial charge in [-0.05, 0) is 26.0 Å². The lowest BCUT2D eigenvalue weighted by Crippen LogP contribution is -2.32. The first-order chi connectivity index (χ1) is 9.12. The summed E-state index contributed by atoms with van der Waals surface area (Å²) in [6.07, 6.45) is 4.31. The van der Waals surface area contributed by atoms with E-state index in [0.29, 0.717) is 12.3 Å². The van der Waals surface area contributed by atoms with Crippen molar-refractivity contribution in [3.05, 3.63) is 11.2 Å². The molecule has 0 radical (unpaired) electrons. The van der Waals surface area contributed by atoms with Crippen LogP contribution in [0.3, 0.4) is 0 Å². The molecule has 0 bridgehead atoms. The van der Waals surface area contributed by atoms with Crippen molar-refractivity contribution in [1.29, 1.82) is 0 Å². The van der Waals surface area contributed by atoms with Crippen LogP contribution < -0.4 is 5.32 Å². The highest BCUT2D eigenvalue weighted by molar-refractivity contribution is 8.00. The molecule has 108 valence electrons. The molecule has 1 aromatic heterocycles. The van der Waals surface area contributed by atoms with E-state index in [-0.39, 0.29) is 10.7 Å². The topological polar surface area (TPSA) is 51.2 Å². The van der Waals surface area contributed by atoms with Gasteiger partial charge in [0.2, 0.25) is 0 Å². The van der Waals surface area contributed by atoms with Gasteiger partial charge in [0.15, 0.2) is 5.69 Å². The number of hydrogen-bond acceptors (Lipinski definition) is 6. The van der Waals surface area contributed by atoms with Crippen molar-refractivity contribution in [3.8, 4) is 0 Å². The number of ether oxygens (including phenoxy) is 1. The lowest BCUT2D eigenvalue weighted by molar-refractivity contribution is 0.0521. The summed E-state index contributed by atoms with van der Waals surface area (Å²) in [4.78, 5) is 15.8. The average Bonchev–Trinajstić information content (AvgIpc) is 2.90. The van der Waals surface area contributed by atoms with Crippen molar-refractivity contribution in [1.82, 2.24) is 4.98 Å². The molecule has 0 saturated carbocycles. The number of nitrogens with one attached hydrogen (secondary N) is 1. The molecule has 1 N–H and O–H groups in total. The molecule has 0 spiro atoms. The van der Waals surface area contributed by atoms with Crippen LogP contribution in [0.15, 0.2) is 5.51 Å². The molecule has 0 aromatic carbocycles. The van der Waals surface area contributed by atoms with Gasteiger partial charge in [-0.3, -0.25) is 0 Å². The van der Waals surface area contributed by atoms with Gasteiger partial charge in [-0.25, -0.2) is 9.78 Å². The highest BCUT2D eigenvalue weighted by atomic mass is 32.2. The van der Waals surface area contributed by atoms with Crippen LogP contribution in [0.2, 0.25) is 0 Å². The van der Waals surface area contributed by atoms with Crippen molar-refractivity contribution in [2.24, 2.45) is 0 Å². The first-order valence-corrected chi connectivity index (χ1v) is 8.62. The predicted octanol–water partition coefficient (Wildman–Crippen LogP) is 3.65. The van der Waals surface area contributed by atoms with Crippen molar-refractivity contribution in [2.75, 3.05) is 24.7 Å². The Balaban J connectivity index is 2.73. The first-order valence-electron chi connectivity index (χ1n) is 6.52. The zero-order valence-electron chi connectivity index (χ0n) is 12.0. The van der Waals surface area contributed by atoms with E-state index in [1.807, 2.05) is 11.8 Å². The molecule has 0 saturated heterocycles. The van der Waals surface area contributed by atoms with E-state index in [2.05, 4.69) is 30.4 Å². The third-order valence-electron chi connectivity index (χ3n) is 3.33. The largest absolute Gasteiger partial charge is 0.461 e. The standard InChI is InChI=1S/C13H22N2O2S2/c1-5-13(6-2,18-4)8-14-11-10(15-9-19-11)12(16)17-7-3/h9,14H,5-8H2,1-4H3. The van der Waals surface area contributed by atoms with Gasteiger partial charge in [0, 0.05) is 11.3 Å². The number of thiazole rings is 1. The molecule has 1 heterocycles. The lowest BCUT2D eigenvalue weighted by atomic mass is 10.0. The fourth-order valence-corrected chi connectivity index (χ4v) is 3.28. The molecule has 0 fully saturated rings.